The van der Waals surface area contributed by atoms with Crippen LogP contribution in [0.1, 0.15) is 31.7 Å². The summed E-state index contributed by atoms with van der Waals surface area (Å²) < 4.78 is 5.76. The normalized spacial score (nSPS) is 16.7. The molecule has 5 rings (SSSR count). The van der Waals surface area contributed by atoms with Crippen LogP contribution >= 0.6 is 0 Å². The summed E-state index contributed by atoms with van der Waals surface area (Å²) in [6, 6.07) is 21.2. The number of ether oxygens (including phenoxy) is 1. The number of anilines is 1. The van der Waals surface area contributed by atoms with Crippen molar-refractivity contribution in [2.45, 2.75) is 31.7 Å². The number of nitrogens with two attached hydrogens (primary N) is 1. The minimum Gasteiger partial charge on any atom is -0.443 e. The molecule has 2 aliphatic rings. The Morgan fingerprint density at radius 3 is 2.45 bits per heavy atom. The van der Waals surface area contributed by atoms with Crippen LogP contribution in [0.25, 0.3) is 22.4 Å². The maximum Gasteiger partial charge on any atom is 0.243 e. The fourth-order valence-electron chi connectivity index (χ4n) is 4.17. The third-order valence-electron chi connectivity index (χ3n) is 6.10. The van der Waals surface area contributed by atoms with E-state index in [1.807, 2.05) is 12.3 Å². The predicted octanol–water partition coefficient (Wildman–Crippen LogP) is 5.44. The van der Waals surface area contributed by atoms with Gasteiger partial charge in [-0.05, 0) is 43.4 Å². The number of fused-ring (bicyclic) bond motifs is 1. The van der Waals surface area contributed by atoms with E-state index in [4.69, 9.17) is 15.5 Å². The third kappa shape index (κ3) is 3.10. The molecular weight excluding hydrogens is 358 g/mol. The van der Waals surface area contributed by atoms with Crippen LogP contribution in [0.5, 0.6) is 5.88 Å². The van der Waals surface area contributed by atoms with E-state index in [1.54, 1.807) is 6.26 Å². The highest BCUT2D eigenvalue weighted by Gasteiger charge is 2.34. The smallest absolute Gasteiger partial charge is 0.243 e. The molecule has 29 heavy (non-hydrogen) atoms. The Labute approximate surface area is 171 Å². The Hall–Kier alpha value is -3.11. The topological polar surface area (TPSA) is 51.4 Å². The molecule has 1 aliphatic carbocycles. The number of hydrogen-bond acceptors (Lipinski definition) is 4. The lowest BCUT2D eigenvalue weighted by atomic mass is 9.72. The van der Waals surface area contributed by atoms with Gasteiger partial charge in [0.05, 0.1) is 5.69 Å². The number of benzene rings is 2. The molecule has 0 amide bonds. The first kappa shape index (κ1) is 18.0. The van der Waals surface area contributed by atoms with Crippen LogP contribution in [-0.4, -0.2) is 11.5 Å². The second kappa shape index (κ2) is 7.05. The van der Waals surface area contributed by atoms with Crippen LogP contribution in [-0.2, 0) is 5.54 Å². The zero-order valence-electron chi connectivity index (χ0n) is 16.6. The summed E-state index contributed by atoms with van der Waals surface area (Å²) in [5.74, 6) is 0.641. The first-order valence-electron chi connectivity index (χ1n) is 10.3. The van der Waals surface area contributed by atoms with Crippen molar-refractivity contribution in [1.82, 2.24) is 4.98 Å². The molecule has 1 fully saturated rings. The van der Waals surface area contributed by atoms with Crippen molar-refractivity contribution in [2.75, 3.05) is 11.4 Å². The van der Waals surface area contributed by atoms with Gasteiger partial charge in [-0.15, -0.1) is 0 Å². The predicted molar refractivity (Wildman–Crippen MR) is 118 cm³/mol. The van der Waals surface area contributed by atoms with Gasteiger partial charge in [-0.25, -0.2) is 4.98 Å². The Balaban J connectivity index is 1.64. The van der Waals surface area contributed by atoms with Gasteiger partial charge >= 0.3 is 0 Å². The van der Waals surface area contributed by atoms with Crippen molar-refractivity contribution in [3.8, 4) is 28.3 Å². The largest absolute Gasteiger partial charge is 0.443 e. The van der Waals surface area contributed by atoms with Gasteiger partial charge in [-0.3, -0.25) is 0 Å². The summed E-state index contributed by atoms with van der Waals surface area (Å²) in [6.45, 7) is 2.98. The summed E-state index contributed by atoms with van der Waals surface area (Å²) in [5, 5.41) is 0. The molecule has 0 atom stereocenters. The van der Waals surface area contributed by atoms with Crippen LogP contribution in [0.3, 0.4) is 0 Å². The number of pyridine rings is 1. The first-order chi connectivity index (χ1) is 14.2. The molecular formula is C25H25N3O. The monoisotopic (exact) mass is 383 g/mol. The van der Waals surface area contributed by atoms with E-state index in [2.05, 4.69) is 66.4 Å². The number of hydrogen-bond donors (Lipinski definition) is 1. The van der Waals surface area contributed by atoms with Crippen molar-refractivity contribution < 1.29 is 4.74 Å². The molecule has 2 aromatic carbocycles. The van der Waals surface area contributed by atoms with Gasteiger partial charge in [0, 0.05) is 29.4 Å². The van der Waals surface area contributed by atoms with Crippen molar-refractivity contribution in [3.05, 3.63) is 78.7 Å². The molecule has 2 heterocycles. The van der Waals surface area contributed by atoms with Crippen LogP contribution in [0, 0.1) is 0 Å². The SMILES string of the molecule is CCN1C=COc2nc(-c3ccc(C4(N)CCC4)cc3)c(-c3ccccc3)cc21. The lowest BCUT2D eigenvalue weighted by Gasteiger charge is -2.38. The highest BCUT2D eigenvalue weighted by molar-refractivity contribution is 5.85. The van der Waals surface area contributed by atoms with Gasteiger partial charge in [0.25, 0.3) is 0 Å². The molecule has 146 valence electrons. The van der Waals surface area contributed by atoms with Gasteiger partial charge in [-0.1, -0.05) is 54.6 Å². The Morgan fingerprint density at radius 1 is 1.03 bits per heavy atom. The zero-order chi connectivity index (χ0) is 19.8. The molecule has 0 bridgehead atoms. The van der Waals surface area contributed by atoms with Crippen molar-refractivity contribution in [3.63, 3.8) is 0 Å². The van der Waals surface area contributed by atoms with Gasteiger partial charge in [0.1, 0.15) is 11.9 Å². The van der Waals surface area contributed by atoms with E-state index >= 15 is 0 Å². The van der Waals surface area contributed by atoms with E-state index in [9.17, 15) is 0 Å². The van der Waals surface area contributed by atoms with E-state index in [1.165, 1.54) is 12.0 Å². The summed E-state index contributed by atoms with van der Waals surface area (Å²) in [7, 11) is 0. The van der Waals surface area contributed by atoms with Gasteiger partial charge < -0.3 is 15.4 Å². The minimum absolute atomic E-state index is 0.153. The van der Waals surface area contributed by atoms with Crippen molar-refractivity contribution in [2.24, 2.45) is 5.73 Å². The summed E-state index contributed by atoms with van der Waals surface area (Å²) in [4.78, 5) is 7.09. The van der Waals surface area contributed by atoms with E-state index in [0.29, 0.717) is 5.88 Å². The third-order valence-corrected chi connectivity index (χ3v) is 6.10. The highest BCUT2D eigenvalue weighted by Crippen LogP contribution is 2.42. The van der Waals surface area contributed by atoms with Crippen LogP contribution in [0.15, 0.2) is 73.1 Å². The van der Waals surface area contributed by atoms with Crippen LogP contribution in [0.2, 0.25) is 0 Å². The average molecular weight is 383 g/mol. The molecule has 1 aromatic heterocycles. The Kier molecular flexibility index (Phi) is 4.36. The van der Waals surface area contributed by atoms with Gasteiger partial charge in [-0.2, -0.15) is 0 Å². The molecule has 0 saturated heterocycles. The lowest BCUT2D eigenvalue weighted by molar-refractivity contribution is 0.253. The molecule has 4 nitrogen and oxygen atoms in total. The average Bonchev–Trinajstić information content (AvgIpc) is 2.77. The second-order valence-corrected chi connectivity index (χ2v) is 7.85. The van der Waals surface area contributed by atoms with Crippen LogP contribution < -0.4 is 15.4 Å². The fourth-order valence-corrected chi connectivity index (χ4v) is 4.17. The number of rotatable bonds is 4. The van der Waals surface area contributed by atoms with Crippen molar-refractivity contribution >= 4 is 5.69 Å². The number of nitrogens with zero attached hydrogens (tertiary/aromatic N) is 2. The minimum atomic E-state index is -0.153. The molecule has 1 aliphatic heterocycles. The molecule has 3 aromatic rings. The van der Waals surface area contributed by atoms with Gasteiger partial charge in [0.15, 0.2) is 0 Å². The second-order valence-electron chi connectivity index (χ2n) is 7.85. The van der Waals surface area contributed by atoms with E-state index < -0.39 is 0 Å². The molecule has 1 saturated carbocycles. The highest BCUT2D eigenvalue weighted by atomic mass is 16.5. The Bertz CT molecular complexity index is 1050. The van der Waals surface area contributed by atoms with Crippen molar-refractivity contribution in [1.29, 1.82) is 0 Å². The maximum atomic E-state index is 6.51. The zero-order valence-corrected chi connectivity index (χ0v) is 16.6. The van der Waals surface area contributed by atoms with Crippen LogP contribution in [0.4, 0.5) is 5.69 Å². The summed E-state index contributed by atoms with van der Waals surface area (Å²) in [6.07, 6.45) is 6.98. The number of aromatic nitrogens is 1. The van der Waals surface area contributed by atoms with E-state index in [-0.39, 0.29) is 5.54 Å². The molecule has 0 spiro atoms. The summed E-state index contributed by atoms with van der Waals surface area (Å²) in [5.41, 5.74) is 12.8. The summed E-state index contributed by atoms with van der Waals surface area (Å²) >= 11 is 0. The van der Waals surface area contributed by atoms with Gasteiger partial charge in [0.2, 0.25) is 5.88 Å². The fraction of sp³-hybridized carbons (Fsp3) is 0.240. The van der Waals surface area contributed by atoms with E-state index in [0.717, 1.165) is 47.5 Å². The molecule has 0 unspecified atom stereocenters. The first-order valence-corrected chi connectivity index (χ1v) is 10.3. The molecule has 2 N–H and O–H groups in total. The molecule has 4 heteroatoms. The quantitative estimate of drug-likeness (QED) is 0.651. The lowest BCUT2D eigenvalue weighted by Crippen LogP contribution is -2.43. The molecule has 0 radical (unpaired) electrons. The standard InChI is InChI=1S/C25H25N3O/c1-2-28-15-16-29-24-22(28)17-21(18-7-4-3-5-8-18)23(27-24)19-9-11-20(12-10-19)25(26)13-6-14-25/h3-5,7-12,15-17H,2,6,13-14,26H2,1H3. The Morgan fingerprint density at radius 2 is 1.79 bits per heavy atom. The maximum absolute atomic E-state index is 6.51.